The third-order valence-corrected chi connectivity index (χ3v) is 12.7. The Morgan fingerprint density at radius 2 is 0.947 bits per heavy atom. The fourth-order valence-electron chi connectivity index (χ4n) is 9.92. The van der Waals surface area contributed by atoms with Crippen molar-refractivity contribution in [2.75, 3.05) is 0 Å². The van der Waals surface area contributed by atoms with Gasteiger partial charge < -0.3 is 9.13 Å². The SMILES string of the molecule is CC1(C)c2ccccc2-c2c1ccc1c3cc(-c4ccc5c(c4)c4ccccc4n5-c4ccc(-c5ccccc5)cc4)ccc3n(-c3ccc4ccccc4c3)c21. The zero-order valence-corrected chi connectivity index (χ0v) is 31.9. The van der Waals surface area contributed by atoms with Crippen molar-refractivity contribution in [3.8, 4) is 44.8 Å². The number of rotatable bonds is 4. The average molecular weight is 727 g/mol. The topological polar surface area (TPSA) is 9.86 Å². The number of nitrogens with zero attached hydrogens (tertiary/aromatic N) is 2. The van der Waals surface area contributed by atoms with Gasteiger partial charge in [-0.25, -0.2) is 0 Å². The van der Waals surface area contributed by atoms with Crippen LogP contribution in [0.25, 0.3) is 99.1 Å². The second-order valence-corrected chi connectivity index (χ2v) is 16.2. The molecule has 268 valence electrons. The first kappa shape index (κ1) is 32.1. The van der Waals surface area contributed by atoms with Crippen molar-refractivity contribution in [1.82, 2.24) is 9.13 Å². The van der Waals surface area contributed by atoms with E-state index in [2.05, 4.69) is 217 Å². The molecule has 12 rings (SSSR count). The molecule has 2 heteroatoms. The highest BCUT2D eigenvalue weighted by molar-refractivity contribution is 6.17. The van der Waals surface area contributed by atoms with Crippen LogP contribution in [0.3, 0.4) is 0 Å². The van der Waals surface area contributed by atoms with Crippen molar-refractivity contribution in [1.29, 1.82) is 0 Å². The van der Waals surface area contributed by atoms with Gasteiger partial charge in [-0.1, -0.05) is 153 Å². The molecule has 0 saturated carbocycles. The molecule has 0 radical (unpaired) electrons. The van der Waals surface area contributed by atoms with Crippen molar-refractivity contribution in [3.05, 3.63) is 205 Å². The lowest BCUT2D eigenvalue weighted by Crippen LogP contribution is -2.14. The molecule has 0 spiro atoms. The second kappa shape index (κ2) is 11.9. The van der Waals surface area contributed by atoms with Crippen LogP contribution in [0.1, 0.15) is 25.0 Å². The normalized spacial score (nSPS) is 13.2. The van der Waals surface area contributed by atoms with Gasteiger partial charge in [0.25, 0.3) is 0 Å². The third kappa shape index (κ3) is 4.65. The van der Waals surface area contributed by atoms with Gasteiger partial charge in [-0.15, -0.1) is 0 Å². The van der Waals surface area contributed by atoms with Crippen LogP contribution in [0.5, 0.6) is 0 Å². The Hall–Kier alpha value is -7.16. The van der Waals surface area contributed by atoms with Crippen LogP contribution in [-0.4, -0.2) is 9.13 Å². The first-order chi connectivity index (χ1) is 28.0. The predicted octanol–water partition coefficient (Wildman–Crippen LogP) is 14.7. The Kier molecular flexibility index (Phi) is 6.72. The van der Waals surface area contributed by atoms with E-state index < -0.39 is 0 Å². The van der Waals surface area contributed by atoms with Crippen molar-refractivity contribution in [2.24, 2.45) is 0 Å². The van der Waals surface area contributed by atoms with Gasteiger partial charge in [0.1, 0.15) is 0 Å². The summed E-state index contributed by atoms with van der Waals surface area (Å²) in [4.78, 5) is 0. The van der Waals surface area contributed by atoms with E-state index in [1.165, 1.54) is 105 Å². The van der Waals surface area contributed by atoms with E-state index in [0.29, 0.717) is 0 Å². The van der Waals surface area contributed by atoms with Crippen LogP contribution in [0.2, 0.25) is 0 Å². The van der Waals surface area contributed by atoms with Gasteiger partial charge in [-0.05, 0) is 104 Å². The van der Waals surface area contributed by atoms with Crippen molar-refractivity contribution < 1.29 is 0 Å². The van der Waals surface area contributed by atoms with Crippen molar-refractivity contribution in [2.45, 2.75) is 19.3 Å². The Morgan fingerprint density at radius 1 is 0.351 bits per heavy atom. The molecule has 9 aromatic carbocycles. The molecule has 0 amide bonds. The molecule has 2 aromatic heterocycles. The van der Waals surface area contributed by atoms with Crippen LogP contribution in [-0.2, 0) is 5.41 Å². The minimum Gasteiger partial charge on any atom is -0.309 e. The van der Waals surface area contributed by atoms with E-state index >= 15 is 0 Å². The quantitative estimate of drug-likeness (QED) is 0.171. The van der Waals surface area contributed by atoms with Gasteiger partial charge in [-0.2, -0.15) is 0 Å². The second-order valence-electron chi connectivity index (χ2n) is 16.2. The molecule has 2 nitrogen and oxygen atoms in total. The summed E-state index contributed by atoms with van der Waals surface area (Å²) in [5.74, 6) is 0. The molecular formula is C55H38N2. The van der Waals surface area contributed by atoms with Crippen LogP contribution in [0.15, 0.2) is 194 Å². The monoisotopic (exact) mass is 726 g/mol. The van der Waals surface area contributed by atoms with Crippen LogP contribution >= 0.6 is 0 Å². The molecule has 11 aromatic rings. The highest BCUT2D eigenvalue weighted by Crippen LogP contribution is 2.53. The summed E-state index contributed by atoms with van der Waals surface area (Å²) in [6.07, 6.45) is 0. The Bertz CT molecular complexity index is 3410. The fraction of sp³-hybridized carbons (Fsp3) is 0.0545. The maximum atomic E-state index is 2.53. The fourth-order valence-corrected chi connectivity index (χ4v) is 9.92. The summed E-state index contributed by atoms with van der Waals surface area (Å²) in [7, 11) is 0. The van der Waals surface area contributed by atoms with E-state index in [1.807, 2.05) is 0 Å². The molecule has 1 aliphatic rings. The highest BCUT2D eigenvalue weighted by Gasteiger charge is 2.37. The van der Waals surface area contributed by atoms with Gasteiger partial charge in [0.2, 0.25) is 0 Å². The summed E-state index contributed by atoms with van der Waals surface area (Å²) in [6.45, 7) is 4.75. The Labute approximate surface area is 331 Å². The molecule has 0 saturated heterocycles. The molecule has 0 N–H and O–H groups in total. The minimum absolute atomic E-state index is 0.0888. The van der Waals surface area contributed by atoms with E-state index in [0.717, 1.165) is 5.69 Å². The van der Waals surface area contributed by atoms with E-state index in [1.54, 1.807) is 0 Å². The summed E-state index contributed by atoms with van der Waals surface area (Å²) < 4.78 is 4.93. The molecule has 0 fully saturated rings. The maximum Gasteiger partial charge on any atom is 0.0622 e. The molecule has 57 heavy (non-hydrogen) atoms. The summed E-state index contributed by atoms with van der Waals surface area (Å²) in [5, 5.41) is 7.55. The first-order valence-electron chi connectivity index (χ1n) is 19.9. The summed E-state index contributed by atoms with van der Waals surface area (Å²) in [6, 6.07) is 71.8. The van der Waals surface area contributed by atoms with Crippen LogP contribution < -0.4 is 0 Å². The molecule has 0 aliphatic heterocycles. The molecule has 1 aliphatic carbocycles. The number of hydrogen-bond acceptors (Lipinski definition) is 0. The third-order valence-electron chi connectivity index (χ3n) is 12.7. The number of hydrogen-bond donors (Lipinski definition) is 0. The van der Waals surface area contributed by atoms with E-state index in [4.69, 9.17) is 0 Å². The zero-order valence-electron chi connectivity index (χ0n) is 31.9. The van der Waals surface area contributed by atoms with E-state index in [9.17, 15) is 0 Å². The number of fused-ring (bicyclic) bond motifs is 11. The van der Waals surface area contributed by atoms with E-state index in [-0.39, 0.29) is 5.41 Å². The number of para-hydroxylation sites is 1. The summed E-state index contributed by atoms with van der Waals surface area (Å²) >= 11 is 0. The Balaban J connectivity index is 1.06. The van der Waals surface area contributed by atoms with Gasteiger partial charge in [0.15, 0.2) is 0 Å². The molecule has 0 bridgehead atoms. The molecule has 0 unspecified atom stereocenters. The van der Waals surface area contributed by atoms with Gasteiger partial charge in [0.05, 0.1) is 22.1 Å². The van der Waals surface area contributed by atoms with Gasteiger partial charge in [0, 0.05) is 43.9 Å². The van der Waals surface area contributed by atoms with Crippen molar-refractivity contribution >= 4 is 54.4 Å². The first-order valence-corrected chi connectivity index (χ1v) is 19.9. The number of benzene rings is 9. The standard InChI is InChI=1S/C55H38N2/c1-55(2)48-18-10-8-17-45(48)53-49(55)29-28-44-47-34-40(24-31-52(47)57(54(44)53)42-27-22-36-14-6-7-15-38(36)32-42)39-23-30-51-46(33-39)43-16-9-11-19-50(43)56(51)41-25-20-37(21-26-41)35-12-4-3-5-13-35/h3-34H,1-2H3. The maximum absolute atomic E-state index is 2.53. The smallest absolute Gasteiger partial charge is 0.0622 e. The molecular weight excluding hydrogens is 689 g/mol. The average Bonchev–Trinajstić information content (AvgIpc) is 3.86. The van der Waals surface area contributed by atoms with Crippen LogP contribution in [0.4, 0.5) is 0 Å². The predicted molar refractivity (Wildman–Crippen MR) is 241 cm³/mol. The number of aromatic nitrogens is 2. The van der Waals surface area contributed by atoms with Gasteiger partial charge >= 0.3 is 0 Å². The Morgan fingerprint density at radius 3 is 1.75 bits per heavy atom. The largest absolute Gasteiger partial charge is 0.309 e. The zero-order chi connectivity index (χ0) is 37.8. The van der Waals surface area contributed by atoms with Gasteiger partial charge in [-0.3, -0.25) is 0 Å². The summed E-state index contributed by atoms with van der Waals surface area (Å²) in [5.41, 5.74) is 17.5. The lowest BCUT2D eigenvalue weighted by Gasteiger charge is -2.21. The molecule has 2 heterocycles. The lowest BCUT2D eigenvalue weighted by atomic mass is 9.82. The molecule has 0 atom stereocenters. The minimum atomic E-state index is -0.0888. The highest BCUT2D eigenvalue weighted by atomic mass is 15.0. The van der Waals surface area contributed by atoms with Crippen LogP contribution in [0, 0.1) is 0 Å². The van der Waals surface area contributed by atoms with Crippen molar-refractivity contribution in [3.63, 3.8) is 0 Å². The lowest BCUT2D eigenvalue weighted by molar-refractivity contribution is 0.661.